The van der Waals surface area contributed by atoms with Crippen LogP contribution in [0.1, 0.15) is 53.9 Å². The monoisotopic (exact) mass is 251 g/mol. The molecule has 0 saturated carbocycles. The zero-order valence-electron chi connectivity index (χ0n) is 12.1. The fourth-order valence-electron chi connectivity index (χ4n) is 3.95. The van der Waals surface area contributed by atoms with Gasteiger partial charge < -0.3 is 0 Å². The number of benzene rings is 2. The minimum Gasteiger partial charge on any atom is -0.0616 e. The largest absolute Gasteiger partial charge is 0.0616 e. The smallest absolute Gasteiger partial charge is 0.0149 e. The van der Waals surface area contributed by atoms with Crippen molar-refractivity contribution >= 4 is 10.8 Å². The Hall–Kier alpha value is -1.30. The lowest BCUT2D eigenvalue weighted by Crippen LogP contribution is -2.13. The second kappa shape index (κ2) is 5.00. The molecule has 0 spiro atoms. The Morgan fingerprint density at radius 1 is 1.11 bits per heavy atom. The molecule has 0 heteroatoms. The van der Waals surface area contributed by atoms with Gasteiger partial charge in [0.05, 0.1) is 0 Å². The van der Waals surface area contributed by atoms with Crippen LogP contribution in [-0.4, -0.2) is 0 Å². The van der Waals surface area contributed by atoms with Crippen LogP contribution in [0.3, 0.4) is 0 Å². The standard InChI is InChI=1S/C19H23/c1-4-8-15-9-7-12-18-13(2)16-10-5-6-11-17(16)14(3)19(15)18/h5-6,10-11,15H,1,4,7-9,12H2,2-3H3. The second-order valence-electron chi connectivity index (χ2n) is 5.92. The molecule has 0 aliphatic heterocycles. The summed E-state index contributed by atoms with van der Waals surface area (Å²) in [6.07, 6.45) is 6.25. The molecule has 0 amide bonds. The summed E-state index contributed by atoms with van der Waals surface area (Å²) in [5.74, 6) is 0.740. The first kappa shape index (κ1) is 12.7. The van der Waals surface area contributed by atoms with Gasteiger partial charge >= 0.3 is 0 Å². The van der Waals surface area contributed by atoms with Crippen LogP contribution in [0.4, 0.5) is 0 Å². The van der Waals surface area contributed by atoms with Crippen molar-refractivity contribution in [1.82, 2.24) is 0 Å². The molecule has 2 aromatic carbocycles. The van der Waals surface area contributed by atoms with Gasteiger partial charge in [0.1, 0.15) is 0 Å². The summed E-state index contributed by atoms with van der Waals surface area (Å²) in [6, 6.07) is 8.90. The van der Waals surface area contributed by atoms with Crippen LogP contribution in [0.25, 0.3) is 10.8 Å². The maximum absolute atomic E-state index is 4.07. The summed E-state index contributed by atoms with van der Waals surface area (Å²) in [7, 11) is 0. The van der Waals surface area contributed by atoms with E-state index in [0.717, 1.165) is 12.3 Å². The molecule has 0 heterocycles. The average molecular weight is 251 g/mol. The second-order valence-corrected chi connectivity index (χ2v) is 5.92. The Labute approximate surface area is 116 Å². The Morgan fingerprint density at radius 3 is 2.47 bits per heavy atom. The summed E-state index contributed by atoms with van der Waals surface area (Å²) in [5.41, 5.74) is 6.34. The summed E-state index contributed by atoms with van der Waals surface area (Å²) in [5, 5.41) is 2.91. The third-order valence-corrected chi connectivity index (χ3v) is 4.86. The maximum Gasteiger partial charge on any atom is -0.0149 e. The molecule has 99 valence electrons. The van der Waals surface area contributed by atoms with Gasteiger partial charge in [-0.25, -0.2) is 0 Å². The van der Waals surface area contributed by atoms with Gasteiger partial charge in [-0.1, -0.05) is 37.6 Å². The summed E-state index contributed by atoms with van der Waals surface area (Å²) in [6.45, 7) is 8.70. The van der Waals surface area contributed by atoms with E-state index in [-0.39, 0.29) is 0 Å². The first-order valence-corrected chi connectivity index (χ1v) is 7.54. The normalized spacial score (nSPS) is 18.6. The van der Waals surface area contributed by atoms with Gasteiger partial charge in [0, 0.05) is 0 Å². The van der Waals surface area contributed by atoms with Crippen molar-refractivity contribution in [2.45, 2.75) is 51.9 Å². The zero-order valence-corrected chi connectivity index (χ0v) is 12.1. The van der Waals surface area contributed by atoms with E-state index in [2.05, 4.69) is 45.0 Å². The molecule has 2 aromatic rings. The van der Waals surface area contributed by atoms with E-state index in [0.29, 0.717) is 0 Å². The molecule has 0 fully saturated rings. The van der Waals surface area contributed by atoms with Gasteiger partial charge in [-0.05, 0) is 78.5 Å². The van der Waals surface area contributed by atoms with Crippen molar-refractivity contribution in [1.29, 1.82) is 0 Å². The van der Waals surface area contributed by atoms with Gasteiger partial charge in [-0.3, -0.25) is 0 Å². The van der Waals surface area contributed by atoms with E-state index < -0.39 is 0 Å². The summed E-state index contributed by atoms with van der Waals surface area (Å²) >= 11 is 0. The summed E-state index contributed by atoms with van der Waals surface area (Å²) < 4.78 is 0. The third-order valence-electron chi connectivity index (χ3n) is 4.86. The molecule has 1 atom stereocenters. The third kappa shape index (κ3) is 1.98. The zero-order chi connectivity index (χ0) is 13.4. The highest BCUT2D eigenvalue weighted by Crippen LogP contribution is 2.41. The minimum absolute atomic E-state index is 0.740. The van der Waals surface area contributed by atoms with Crippen molar-refractivity contribution in [3.05, 3.63) is 53.4 Å². The molecule has 0 saturated heterocycles. The van der Waals surface area contributed by atoms with E-state index in [4.69, 9.17) is 0 Å². The van der Waals surface area contributed by atoms with E-state index in [1.165, 1.54) is 47.6 Å². The molecule has 0 nitrogen and oxygen atoms in total. The molecule has 0 N–H and O–H groups in total. The Balaban J connectivity index is 2.30. The number of hydrogen-bond donors (Lipinski definition) is 0. The molecule has 1 unspecified atom stereocenters. The Bertz CT molecular complexity index is 607. The van der Waals surface area contributed by atoms with E-state index in [1.54, 1.807) is 11.1 Å². The molecule has 0 bridgehead atoms. The van der Waals surface area contributed by atoms with Crippen LogP contribution >= 0.6 is 0 Å². The lowest BCUT2D eigenvalue weighted by atomic mass is 9.75. The van der Waals surface area contributed by atoms with Crippen LogP contribution < -0.4 is 0 Å². The van der Waals surface area contributed by atoms with Crippen LogP contribution in [0.15, 0.2) is 24.3 Å². The fourth-order valence-corrected chi connectivity index (χ4v) is 3.95. The van der Waals surface area contributed by atoms with Gasteiger partial charge in [-0.2, -0.15) is 0 Å². The van der Waals surface area contributed by atoms with E-state index in [1.807, 2.05) is 0 Å². The topological polar surface area (TPSA) is 0 Å². The lowest BCUT2D eigenvalue weighted by molar-refractivity contribution is 0.521. The van der Waals surface area contributed by atoms with Gasteiger partial charge in [-0.15, -0.1) is 0 Å². The van der Waals surface area contributed by atoms with Gasteiger partial charge in [0.15, 0.2) is 0 Å². The van der Waals surface area contributed by atoms with Crippen molar-refractivity contribution in [2.75, 3.05) is 0 Å². The molecular weight excluding hydrogens is 228 g/mol. The molecular formula is C19H23. The van der Waals surface area contributed by atoms with Crippen LogP contribution in [-0.2, 0) is 6.42 Å². The van der Waals surface area contributed by atoms with E-state index in [9.17, 15) is 0 Å². The summed E-state index contributed by atoms with van der Waals surface area (Å²) in [4.78, 5) is 0. The molecule has 0 aromatic heterocycles. The van der Waals surface area contributed by atoms with Crippen LogP contribution in [0.2, 0.25) is 0 Å². The molecule has 19 heavy (non-hydrogen) atoms. The fraction of sp³-hybridized carbons (Fsp3) is 0.421. The first-order chi connectivity index (χ1) is 9.24. The molecule has 1 radical (unpaired) electrons. The lowest BCUT2D eigenvalue weighted by Gasteiger charge is -2.30. The number of hydrogen-bond acceptors (Lipinski definition) is 0. The molecule has 3 rings (SSSR count). The maximum atomic E-state index is 4.07. The average Bonchev–Trinajstić information content (AvgIpc) is 2.45. The number of rotatable bonds is 2. The predicted octanol–water partition coefficient (Wildman–Crippen LogP) is 5.49. The van der Waals surface area contributed by atoms with Gasteiger partial charge in [0.2, 0.25) is 0 Å². The first-order valence-electron chi connectivity index (χ1n) is 7.54. The molecule has 1 aliphatic rings. The van der Waals surface area contributed by atoms with Crippen molar-refractivity contribution in [3.8, 4) is 0 Å². The number of aryl methyl sites for hydroxylation is 2. The SMILES string of the molecule is [CH2]CCC1CCCc2c1c(C)c1ccccc1c2C. The quantitative estimate of drug-likeness (QED) is 0.662. The molecule has 1 aliphatic carbocycles. The van der Waals surface area contributed by atoms with E-state index >= 15 is 0 Å². The predicted molar refractivity (Wildman–Crippen MR) is 83.7 cm³/mol. The van der Waals surface area contributed by atoms with Crippen LogP contribution in [0, 0.1) is 20.8 Å². The van der Waals surface area contributed by atoms with Gasteiger partial charge in [0.25, 0.3) is 0 Å². The highest BCUT2D eigenvalue weighted by molar-refractivity contribution is 5.91. The highest BCUT2D eigenvalue weighted by atomic mass is 14.3. The highest BCUT2D eigenvalue weighted by Gasteiger charge is 2.24. The van der Waals surface area contributed by atoms with Crippen molar-refractivity contribution in [3.63, 3.8) is 0 Å². The Kier molecular flexibility index (Phi) is 3.35. The van der Waals surface area contributed by atoms with Crippen molar-refractivity contribution in [2.24, 2.45) is 0 Å². The minimum atomic E-state index is 0.740. The van der Waals surface area contributed by atoms with Crippen LogP contribution in [0.5, 0.6) is 0 Å². The number of fused-ring (bicyclic) bond motifs is 2. The van der Waals surface area contributed by atoms with Crippen molar-refractivity contribution < 1.29 is 0 Å². The Morgan fingerprint density at radius 2 is 1.79 bits per heavy atom.